The van der Waals surface area contributed by atoms with Gasteiger partial charge in [-0.15, -0.1) is 0 Å². The second-order valence-corrected chi connectivity index (χ2v) is 3.49. The summed E-state index contributed by atoms with van der Waals surface area (Å²) in [5.74, 6) is 0. The summed E-state index contributed by atoms with van der Waals surface area (Å²) >= 11 is 0. The number of nitrogens with zero attached hydrogens (tertiary/aromatic N) is 2. The number of hydrogen-bond acceptors (Lipinski definition) is 2. The molecule has 1 heterocycles. The fraction of sp³-hybridized carbons (Fsp3) is 0.700. The molecule has 0 aromatic carbocycles. The Bertz CT molecular complexity index is 266. The van der Waals surface area contributed by atoms with Crippen LogP contribution in [0.25, 0.3) is 0 Å². The van der Waals surface area contributed by atoms with Crippen molar-refractivity contribution >= 4 is 0 Å². The second-order valence-electron chi connectivity index (χ2n) is 3.49. The number of hydrogen-bond donors (Lipinski definition) is 1. The Kier molecular flexibility index (Phi) is 3.48. The fourth-order valence-corrected chi connectivity index (χ4v) is 1.34. The highest BCUT2D eigenvalue weighted by Gasteiger charge is 2.04. The largest absolute Gasteiger partial charge is 0.393 e. The molecule has 1 atom stereocenters. The Labute approximate surface area is 79.4 Å². The first-order valence-electron chi connectivity index (χ1n) is 4.83. The first-order valence-corrected chi connectivity index (χ1v) is 4.83. The van der Waals surface area contributed by atoms with Crippen LogP contribution in [-0.4, -0.2) is 21.0 Å². The Hall–Kier alpha value is -0.830. The summed E-state index contributed by atoms with van der Waals surface area (Å²) in [7, 11) is 1.95. The topological polar surface area (TPSA) is 38.0 Å². The molecule has 74 valence electrons. The monoisotopic (exact) mass is 182 g/mol. The van der Waals surface area contributed by atoms with Crippen LogP contribution in [0.1, 0.15) is 31.7 Å². The summed E-state index contributed by atoms with van der Waals surface area (Å²) in [4.78, 5) is 0. The van der Waals surface area contributed by atoms with Gasteiger partial charge in [-0.25, -0.2) is 0 Å². The molecule has 1 aromatic rings. The zero-order chi connectivity index (χ0) is 9.84. The van der Waals surface area contributed by atoms with Crippen molar-refractivity contribution in [3.8, 4) is 0 Å². The summed E-state index contributed by atoms with van der Waals surface area (Å²) in [6.45, 7) is 3.91. The van der Waals surface area contributed by atoms with Crippen LogP contribution in [0.4, 0.5) is 0 Å². The minimum Gasteiger partial charge on any atom is -0.393 e. The number of aliphatic hydroxyl groups is 1. The molecule has 0 radical (unpaired) electrons. The summed E-state index contributed by atoms with van der Waals surface area (Å²) in [5, 5.41) is 13.5. The third-order valence-corrected chi connectivity index (χ3v) is 2.21. The smallest absolute Gasteiger partial charge is 0.0624 e. The summed E-state index contributed by atoms with van der Waals surface area (Å²) in [6, 6.07) is 2.11. The van der Waals surface area contributed by atoms with E-state index in [1.807, 2.05) is 18.7 Å². The maximum atomic E-state index is 9.14. The zero-order valence-electron chi connectivity index (χ0n) is 8.62. The van der Waals surface area contributed by atoms with Crippen molar-refractivity contribution in [3.63, 3.8) is 0 Å². The van der Waals surface area contributed by atoms with E-state index in [4.69, 9.17) is 5.11 Å². The lowest BCUT2D eigenvalue weighted by molar-refractivity contribution is 0.184. The standard InChI is InChI=1S/C10H18N2O/c1-4-9-7-10(12(3)11-9)6-5-8(2)13/h7-8,13H,4-6H2,1-3H3. The molecule has 0 aliphatic heterocycles. The predicted molar refractivity (Wildman–Crippen MR) is 52.6 cm³/mol. The predicted octanol–water partition coefficient (Wildman–Crippen LogP) is 1.30. The zero-order valence-corrected chi connectivity index (χ0v) is 8.62. The first-order chi connectivity index (χ1) is 6.13. The lowest BCUT2D eigenvalue weighted by atomic mass is 10.1. The summed E-state index contributed by atoms with van der Waals surface area (Å²) < 4.78 is 1.90. The van der Waals surface area contributed by atoms with E-state index in [1.165, 1.54) is 5.69 Å². The van der Waals surface area contributed by atoms with E-state index in [0.717, 1.165) is 25.0 Å². The number of aliphatic hydroxyl groups excluding tert-OH is 1. The van der Waals surface area contributed by atoms with Crippen LogP contribution in [0.15, 0.2) is 6.07 Å². The van der Waals surface area contributed by atoms with Gasteiger partial charge in [0.2, 0.25) is 0 Å². The highest BCUT2D eigenvalue weighted by molar-refractivity contribution is 5.10. The van der Waals surface area contributed by atoms with Gasteiger partial charge in [0.1, 0.15) is 0 Å². The number of aromatic nitrogens is 2. The molecule has 0 aliphatic carbocycles. The maximum Gasteiger partial charge on any atom is 0.0624 e. The van der Waals surface area contributed by atoms with E-state index in [-0.39, 0.29) is 6.10 Å². The van der Waals surface area contributed by atoms with E-state index >= 15 is 0 Å². The van der Waals surface area contributed by atoms with Crippen molar-refractivity contribution in [2.24, 2.45) is 7.05 Å². The lowest BCUT2D eigenvalue weighted by Gasteiger charge is -2.03. The van der Waals surface area contributed by atoms with E-state index in [0.29, 0.717) is 0 Å². The van der Waals surface area contributed by atoms with Crippen LogP contribution in [0.2, 0.25) is 0 Å². The number of rotatable bonds is 4. The van der Waals surface area contributed by atoms with Gasteiger partial charge in [-0.05, 0) is 32.3 Å². The van der Waals surface area contributed by atoms with Crippen molar-refractivity contribution < 1.29 is 5.11 Å². The molecule has 3 heteroatoms. The van der Waals surface area contributed by atoms with Gasteiger partial charge in [0.15, 0.2) is 0 Å². The van der Waals surface area contributed by atoms with Crippen molar-refractivity contribution in [1.82, 2.24) is 9.78 Å². The van der Waals surface area contributed by atoms with Crippen LogP contribution in [0.3, 0.4) is 0 Å². The molecule has 3 nitrogen and oxygen atoms in total. The Balaban J connectivity index is 2.60. The normalized spacial score (nSPS) is 13.2. The van der Waals surface area contributed by atoms with Crippen LogP contribution < -0.4 is 0 Å². The molecule has 1 aromatic heterocycles. The molecule has 13 heavy (non-hydrogen) atoms. The minimum absolute atomic E-state index is 0.222. The van der Waals surface area contributed by atoms with Gasteiger partial charge < -0.3 is 5.11 Å². The van der Waals surface area contributed by atoms with E-state index in [1.54, 1.807) is 0 Å². The molecule has 0 aliphatic rings. The molecule has 0 fully saturated rings. The minimum atomic E-state index is -0.222. The van der Waals surface area contributed by atoms with Crippen molar-refractivity contribution in [1.29, 1.82) is 0 Å². The van der Waals surface area contributed by atoms with Crippen molar-refractivity contribution in [3.05, 3.63) is 17.5 Å². The molecule has 1 unspecified atom stereocenters. The van der Waals surface area contributed by atoms with E-state index < -0.39 is 0 Å². The maximum absolute atomic E-state index is 9.14. The Morgan fingerprint density at radius 3 is 2.77 bits per heavy atom. The van der Waals surface area contributed by atoms with Gasteiger partial charge in [0.05, 0.1) is 11.8 Å². The van der Waals surface area contributed by atoms with Gasteiger partial charge >= 0.3 is 0 Å². The molecule has 1 N–H and O–H groups in total. The van der Waals surface area contributed by atoms with Crippen LogP contribution in [-0.2, 0) is 19.9 Å². The molecule has 1 rings (SSSR count). The average Bonchev–Trinajstić information content (AvgIpc) is 2.43. The third kappa shape index (κ3) is 2.84. The van der Waals surface area contributed by atoms with Crippen molar-refractivity contribution in [2.75, 3.05) is 0 Å². The van der Waals surface area contributed by atoms with Crippen LogP contribution in [0, 0.1) is 0 Å². The molecule has 0 bridgehead atoms. The second kappa shape index (κ2) is 4.42. The molecule has 0 saturated heterocycles. The van der Waals surface area contributed by atoms with Gasteiger partial charge in [-0.3, -0.25) is 4.68 Å². The molecular formula is C10H18N2O. The first kappa shape index (κ1) is 10.3. The Morgan fingerprint density at radius 1 is 1.62 bits per heavy atom. The van der Waals surface area contributed by atoms with E-state index in [9.17, 15) is 0 Å². The molecule has 0 amide bonds. The molecule has 0 spiro atoms. The summed E-state index contributed by atoms with van der Waals surface area (Å²) in [6.07, 6.45) is 2.46. The average molecular weight is 182 g/mol. The fourth-order valence-electron chi connectivity index (χ4n) is 1.34. The SMILES string of the molecule is CCc1cc(CCC(C)O)n(C)n1. The third-order valence-electron chi connectivity index (χ3n) is 2.21. The highest BCUT2D eigenvalue weighted by Crippen LogP contribution is 2.07. The van der Waals surface area contributed by atoms with Crippen molar-refractivity contribution in [2.45, 2.75) is 39.2 Å². The summed E-state index contributed by atoms with van der Waals surface area (Å²) in [5.41, 5.74) is 2.33. The molecular weight excluding hydrogens is 164 g/mol. The lowest BCUT2D eigenvalue weighted by Crippen LogP contribution is -2.05. The van der Waals surface area contributed by atoms with Gasteiger partial charge in [-0.1, -0.05) is 6.92 Å². The van der Waals surface area contributed by atoms with Gasteiger partial charge in [0.25, 0.3) is 0 Å². The van der Waals surface area contributed by atoms with Crippen LogP contribution >= 0.6 is 0 Å². The van der Waals surface area contributed by atoms with Gasteiger partial charge in [0, 0.05) is 12.7 Å². The van der Waals surface area contributed by atoms with Gasteiger partial charge in [-0.2, -0.15) is 5.10 Å². The number of aryl methyl sites for hydroxylation is 3. The van der Waals surface area contributed by atoms with Crippen LogP contribution in [0.5, 0.6) is 0 Å². The quantitative estimate of drug-likeness (QED) is 0.762. The molecule has 0 saturated carbocycles. The Morgan fingerprint density at radius 2 is 2.31 bits per heavy atom. The highest BCUT2D eigenvalue weighted by atomic mass is 16.3. The van der Waals surface area contributed by atoms with E-state index in [2.05, 4.69) is 18.1 Å².